The maximum absolute atomic E-state index is 11.8. The summed E-state index contributed by atoms with van der Waals surface area (Å²) in [4.78, 5) is 0. The number of rotatable bonds is 3. The molecule has 0 amide bonds. The summed E-state index contributed by atoms with van der Waals surface area (Å²) < 4.78 is 73.1. The van der Waals surface area contributed by atoms with Gasteiger partial charge in [-0.1, -0.05) is 0 Å². The van der Waals surface area contributed by atoms with Crippen LogP contribution in [0.25, 0.3) is 0 Å². The Bertz CT molecular complexity index is 226. The molecule has 0 fully saturated rings. The molecule has 0 heterocycles. The molecule has 0 aromatic rings. The van der Waals surface area contributed by atoms with Gasteiger partial charge >= 0.3 is 12.3 Å². The molecule has 12 heavy (non-hydrogen) atoms. The van der Waals surface area contributed by atoms with Crippen LogP contribution in [0, 0.1) is 0 Å². The highest BCUT2D eigenvalue weighted by atomic mass is 35.5. The Morgan fingerprint density at radius 1 is 1.33 bits per heavy atom. The minimum atomic E-state index is -5.06. The molecule has 76 valence electrons. The Balaban J connectivity index is 0. The molecular weight excluding hydrogens is 228 g/mol. The highest BCUT2D eigenvalue weighted by Gasteiger charge is 2.44. The lowest BCUT2D eigenvalue weighted by Gasteiger charge is -2.11. The van der Waals surface area contributed by atoms with E-state index in [0.29, 0.717) is 0 Å². The van der Waals surface area contributed by atoms with Gasteiger partial charge in [0.15, 0.2) is 0 Å². The van der Waals surface area contributed by atoms with Crippen molar-refractivity contribution in [3.05, 3.63) is 0 Å². The van der Waals surface area contributed by atoms with Crippen LogP contribution in [-0.4, -0.2) is 31.1 Å². The van der Waals surface area contributed by atoms with Gasteiger partial charge in [0.2, 0.25) is 0 Å². The van der Waals surface area contributed by atoms with Crippen molar-refractivity contribution in [2.45, 2.75) is 12.3 Å². The topological polar surface area (TPSA) is 54.4 Å². The van der Waals surface area contributed by atoms with Gasteiger partial charge in [-0.25, -0.2) is 8.78 Å². The van der Waals surface area contributed by atoms with E-state index in [-0.39, 0.29) is 12.4 Å². The fourth-order valence-corrected chi connectivity index (χ4v) is 0.919. The maximum Gasteiger partial charge on any atom is 0.323 e. The molecule has 0 saturated heterocycles. The SMILES string of the molecule is Cl.O=S(=O)(O)CC(F)(F)C(F)F. The normalized spacial score (nSPS) is 12.8. The van der Waals surface area contributed by atoms with Crippen molar-refractivity contribution in [3.8, 4) is 0 Å². The van der Waals surface area contributed by atoms with Gasteiger partial charge in [0, 0.05) is 0 Å². The van der Waals surface area contributed by atoms with E-state index >= 15 is 0 Å². The predicted octanol–water partition coefficient (Wildman–Crippen LogP) is 1.20. The van der Waals surface area contributed by atoms with E-state index in [0.717, 1.165) is 0 Å². The van der Waals surface area contributed by atoms with Crippen molar-refractivity contribution >= 4 is 22.5 Å². The van der Waals surface area contributed by atoms with Crippen LogP contribution in [0.4, 0.5) is 17.6 Å². The summed E-state index contributed by atoms with van der Waals surface area (Å²) in [5.74, 6) is -6.94. The lowest BCUT2D eigenvalue weighted by molar-refractivity contribution is -0.111. The van der Waals surface area contributed by atoms with E-state index in [9.17, 15) is 26.0 Å². The van der Waals surface area contributed by atoms with Crippen LogP contribution in [0.15, 0.2) is 0 Å². The second-order valence-electron chi connectivity index (χ2n) is 1.79. The van der Waals surface area contributed by atoms with Crippen molar-refractivity contribution in [3.63, 3.8) is 0 Å². The minimum Gasteiger partial charge on any atom is -0.285 e. The van der Waals surface area contributed by atoms with Crippen LogP contribution in [0.5, 0.6) is 0 Å². The first-order valence-electron chi connectivity index (χ1n) is 2.26. The summed E-state index contributed by atoms with van der Waals surface area (Å²) in [5, 5.41) is 0. The van der Waals surface area contributed by atoms with Gasteiger partial charge in [-0.3, -0.25) is 4.55 Å². The number of alkyl halides is 4. The number of halogens is 5. The van der Waals surface area contributed by atoms with Crippen LogP contribution >= 0.6 is 12.4 Å². The van der Waals surface area contributed by atoms with Crippen LogP contribution < -0.4 is 0 Å². The van der Waals surface area contributed by atoms with E-state index < -0.39 is 28.2 Å². The van der Waals surface area contributed by atoms with Crippen molar-refractivity contribution in [1.82, 2.24) is 0 Å². The summed E-state index contributed by atoms with van der Waals surface area (Å²) in [5.41, 5.74) is 0. The van der Waals surface area contributed by atoms with Gasteiger partial charge in [0.25, 0.3) is 10.1 Å². The summed E-state index contributed by atoms with van der Waals surface area (Å²) in [6.45, 7) is 0. The van der Waals surface area contributed by atoms with Crippen LogP contribution in [0.3, 0.4) is 0 Å². The highest BCUT2D eigenvalue weighted by Crippen LogP contribution is 2.23. The van der Waals surface area contributed by atoms with Gasteiger partial charge < -0.3 is 0 Å². The first-order valence-corrected chi connectivity index (χ1v) is 3.87. The van der Waals surface area contributed by atoms with Crippen molar-refractivity contribution in [1.29, 1.82) is 0 Å². The van der Waals surface area contributed by atoms with Gasteiger partial charge in [0.1, 0.15) is 5.75 Å². The molecule has 0 bridgehead atoms. The molecule has 0 atom stereocenters. The Morgan fingerprint density at radius 2 is 1.67 bits per heavy atom. The summed E-state index contributed by atoms with van der Waals surface area (Å²) in [6.07, 6.45) is -4.09. The van der Waals surface area contributed by atoms with E-state index in [1.807, 2.05) is 0 Å². The highest BCUT2D eigenvalue weighted by molar-refractivity contribution is 7.85. The van der Waals surface area contributed by atoms with Crippen LogP contribution in [0.1, 0.15) is 0 Å². The predicted molar refractivity (Wildman–Crippen MR) is 34.6 cm³/mol. The first kappa shape index (κ1) is 14.4. The molecule has 0 aromatic heterocycles. The third-order valence-corrected chi connectivity index (χ3v) is 1.44. The maximum atomic E-state index is 11.8. The lowest BCUT2D eigenvalue weighted by Crippen LogP contribution is -2.34. The average molecular weight is 233 g/mol. The zero-order valence-electron chi connectivity index (χ0n) is 5.38. The number of hydrogen-bond donors (Lipinski definition) is 1. The van der Waals surface area contributed by atoms with Crippen LogP contribution in [-0.2, 0) is 10.1 Å². The Hall–Kier alpha value is -0.0800. The van der Waals surface area contributed by atoms with E-state index in [1.54, 1.807) is 0 Å². The van der Waals surface area contributed by atoms with Gasteiger partial charge in [-0.15, -0.1) is 12.4 Å². The Kier molecular flexibility index (Phi) is 5.10. The van der Waals surface area contributed by atoms with Gasteiger partial charge in [-0.05, 0) is 0 Å². The first-order chi connectivity index (χ1) is 4.65. The standard InChI is InChI=1S/C3H4F4O3S.ClH/c4-2(5)3(6,7)1-11(8,9)10;/h2H,1H2,(H,8,9,10);1H. The zero-order chi connectivity index (χ0) is 9.28. The molecule has 0 aliphatic rings. The number of hydrogen-bond acceptors (Lipinski definition) is 2. The second kappa shape index (κ2) is 4.24. The quantitative estimate of drug-likeness (QED) is 0.588. The average Bonchev–Trinajstić information content (AvgIpc) is 1.56. The summed E-state index contributed by atoms with van der Waals surface area (Å²) in [6, 6.07) is 0. The monoisotopic (exact) mass is 232 g/mol. The molecule has 0 aliphatic heterocycles. The molecule has 0 unspecified atom stereocenters. The zero-order valence-corrected chi connectivity index (χ0v) is 7.01. The summed E-state index contributed by atoms with van der Waals surface area (Å²) in [7, 11) is -5.06. The molecule has 0 rings (SSSR count). The van der Waals surface area contributed by atoms with Crippen LogP contribution in [0.2, 0.25) is 0 Å². The van der Waals surface area contributed by atoms with Crippen molar-refractivity contribution in [2.75, 3.05) is 5.75 Å². The summed E-state index contributed by atoms with van der Waals surface area (Å²) >= 11 is 0. The molecule has 0 spiro atoms. The largest absolute Gasteiger partial charge is 0.323 e. The Labute approximate surface area is 71.9 Å². The molecular formula is C3H5ClF4O3S. The van der Waals surface area contributed by atoms with Crippen molar-refractivity contribution in [2.24, 2.45) is 0 Å². The third kappa shape index (κ3) is 5.56. The third-order valence-electron chi connectivity index (χ3n) is 0.694. The lowest BCUT2D eigenvalue weighted by atomic mass is 10.4. The van der Waals surface area contributed by atoms with E-state index in [1.165, 1.54) is 0 Å². The van der Waals surface area contributed by atoms with E-state index in [2.05, 4.69) is 0 Å². The van der Waals surface area contributed by atoms with Gasteiger partial charge in [0.05, 0.1) is 0 Å². The fraction of sp³-hybridized carbons (Fsp3) is 1.00. The second-order valence-corrected chi connectivity index (χ2v) is 3.24. The molecule has 3 nitrogen and oxygen atoms in total. The fourth-order valence-electron chi connectivity index (χ4n) is 0.306. The Morgan fingerprint density at radius 3 is 1.75 bits per heavy atom. The molecule has 0 aromatic carbocycles. The molecule has 9 heteroatoms. The molecule has 0 radical (unpaired) electrons. The van der Waals surface area contributed by atoms with E-state index in [4.69, 9.17) is 4.55 Å². The smallest absolute Gasteiger partial charge is 0.285 e. The van der Waals surface area contributed by atoms with Gasteiger partial charge in [-0.2, -0.15) is 17.2 Å². The molecule has 1 N–H and O–H groups in total. The molecule has 0 aliphatic carbocycles. The minimum absolute atomic E-state index is 0. The molecule has 0 saturated carbocycles. The van der Waals surface area contributed by atoms with Crippen molar-refractivity contribution < 1.29 is 30.5 Å².